The minimum atomic E-state index is -3.51. The highest BCUT2D eigenvalue weighted by Crippen LogP contribution is 2.23. The summed E-state index contributed by atoms with van der Waals surface area (Å²) >= 11 is 0. The maximum absolute atomic E-state index is 11.8. The lowest BCUT2D eigenvalue weighted by molar-refractivity contribution is -0.118. The summed E-state index contributed by atoms with van der Waals surface area (Å²) in [4.78, 5) is 11.1. The Morgan fingerprint density at radius 3 is 2.75 bits per heavy atom. The molecule has 1 aliphatic heterocycles. The second-order valence-electron chi connectivity index (χ2n) is 4.08. The lowest BCUT2D eigenvalue weighted by Crippen LogP contribution is -2.45. The Kier molecular flexibility index (Phi) is 4.44. The third-order valence-corrected chi connectivity index (χ3v) is 4.39. The standard InChI is InChI=1S/C10H16N2O3S/c1-9(13)8-10-4-2-3-6-12(10)16(14,15)7-5-11/h10H,2-4,6-8H2,1H3. The molecule has 1 atom stereocenters. The Morgan fingerprint density at radius 1 is 1.50 bits per heavy atom. The molecule has 0 saturated carbocycles. The number of carbonyl (C=O) groups is 1. The Bertz CT molecular complexity index is 397. The van der Waals surface area contributed by atoms with Crippen molar-refractivity contribution in [1.29, 1.82) is 5.26 Å². The molecule has 1 fully saturated rings. The Balaban J connectivity index is 2.82. The van der Waals surface area contributed by atoms with Crippen molar-refractivity contribution in [2.45, 2.75) is 38.6 Å². The van der Waals surface area contributed by atoms with Crippen LogP contribution in [0.2, 0.25) is 0 Å². The molecule has 0 N–H and O–H groups in total. The summed E-state index contributed by atoms with van der Waals surface area (Å²) in [7, 11) is -3.51. The largest absolute Gasteiger partial charge is 0.300 e. The molecule has 0 aromatic heterocycles. The number of nitriles is 1. The van der Waals surface area contributed by atoms with Gasteiger partial charge in [0.25, 0.3) is 0 Å². The number of ketones is 1. The molecule has 90 valence electrons. The number of Topliss-reactive ketones (excluding diaryl/α,β-unsaturated/α-hetero) is 1. The van der Waals surface area contributed by atoms with Crippen LogP contribution in [0, 0.1) is 11.3 Å². The van der Waals surface area contributed by atoms with Crippen LogP contribution in [0.4, 0.5) is 0 Å². The first-order valence-corrected chi connectivity index (χ1v) is 6.94. The molecule has 6 heteroatoms. The second kappa shape index (κ2) is 5.41. The van der Waals surface area contributed by atoms with Gasteiger partial charge in [-0.15, -0.1) is 0 Å². The molecular formula is C10H16N2O3S. The van der Waals surface area contributed by atoms with E-state index in [1.807, 2.05) is 0 Å². The van der Waals surface area contributed by atoms with Gasteiger partial charge in [0, 0.05) is 19.0 Å². The summed E-state index contributed by atoms with van der Waals surface area (Å²) in [5.74, 6) is -0.509. The first-order valence-electron chi connectivity index (χ1n) is 5.33. The van der Waals surface area contributed by atoms with E-state index < -0.39 is 15.8 Å². The Morgan fingerprint density at radius 2 is 2.19 bits per heavy atom. The predicted octanol–water partition coefficient (Wildman–Crippen LogP) is 0.673. The highest BCUT2D eigenvalue weighted by atomic mass is 32.2. The quantitative estimate of drug-likeness (QED) is 0.728. The Hall–Kier alpha value is -0.930. The van der Waals surface area contributed by atoms with Crippen LogP contribution >= 0.6 is 0 Å². The summed E-state index contributed by atoms with van der Waals surface area (Å²) < 4.78 is 24.9. The maximum Gasteiger partial charge on any atom is 0.227 e. The van der Waals surface area contributed by atoms with Gasteiger partial charge in [-0.25, -0.2) is 8.42 Å². The topological polar surface area (TPSA) is 78.2 Å². The van der Waals surface area contributed by atoms with Crippen molar-refractivity contribution < 1.29 is 13.2 Å². The van der Waals surface area contributed by atoms with E-state index in [9.17, 15) is 13.2 Å². The molecule has 0 radical (unpaired) electrons. The van der Waals surface area contributed by atoms with Crippen molar-refractivity contribution >= 4 is 15.8 Å². The number of piperidine rings is 1. The average Bonchev–Trinajstić information content (AvgIpc) is 2.17. The van der Waals surface area contributed by atoms with Crippen molar-refractivity contribution in [3.8, 4) is 6.07 Å². The van der Waals surface area contributed by atoms with Crippen LogP contribution in [0.5, 0.6) is 0 Å². The molecular weight excluding hydrogens is 228 g/mol. The number of nitrogens with zero attached hydrogens (tertiary/aromatic N) is 2. The van der Waals surface area contributed by atoms with E-state index in [0.717, 1.165) is 12.8 Å². The molecule has 0 amide bonds. The number of rotatable bonds is 4. The van der Waals surface area contributed by atoms with Gasteiger partial charge in [-0.1, -0.05) is 6.42 Å². The molecule has 0 aromatic carbocycles. The zero-order valence-corrected chi connectivity index (χ0v) is 10.2. The first kappa shape index (κ1) is 13.1. The Labute approximate surface area is 96.1 Å². The zero-order chi connectivity index (χ0) is 12.2. The van der Waals surface area contributed by atoms with Crippen LogP contribution in [-0.2, 0) is 14.8 Å². The minimum absolute atomic E-state index is 0.0101. The van der Waals surface area contributed by atoms with Crippen LogP contribution in [0.3, 0.4) is 0 Å². The molecule has 0 spiro atoms. The summed E-state index contributed by atoms with van der Waals surface area (Å²) in [6.07, 6.45) is 2.71. The van der Waals surface area contributed by atoms with Crippen LogP contribution in [-0.4, -0.2) is 36.8 Å². The summed E-state index contributed by atoms with van der Waals surface area (Å²) in [5.41, 5.74) is 0. The monoisotopic (exact) mass is 244 g/mol. The van der Waals surface area contributed by atoms with E-state index in [1.165, 1.54) is 11.2 Å². The molecule has 1 heterocycles. The molecule has 1 saturated heterocycles. The lowest BCUT2D eigenvalue weighted by Gasteiger charge is -2.33. The zero-order valence-electron chi connectivity index (χ0n) is 9.35. The third kappa shape index (κ3) is 3.29. The van der Waals surface area contributed by atoms with Crippen LogP contribution in [0.25, 0.3) is 0 Å². The van der Waals surface area contributed by atoms with Crippen molar-refractivity contribution in [2.75, 3.05) is 12.3 Å². The normalized spacial score (nSPS) is 22.6. The highest BCUT2D eigenvalue weighted by Gasteiger charge is 2.32. The second-order valence-corrected chi connectivity index (χ2v) is 6.00. The van der Waals surface area contributed by atoms with Gasteiger partial charge in [-0.2, -0.15) is 9.57 Å². The molecule has 1 unspecified atom stereocenters. The number of sulfonamides is 1. The summed E-state index contributed by atoms with van der Waals surface area (Å²) in [6, 6.07) is 1.42. The fourth-order valence-corrected chi connectivity index (χ4v) is 3.41. The molecule has 1 aliphatic rings. The average molecular weight is 244 g/mol. The van der Waals surface area contributed by atoms with E-state index in [-0.39, 0.29) is 18.2 Å². The third-order valence-electron chi connectivity index (χ3n) is 2.70. The molecule has 5 nitrogen and oxygen atoms in total. The molecule has 0 aliphatic carbocycles. The van der Waals surface area contributed by atoms with Crippen LogP contribution in [0.15, 0.2) is 0 Å². The summed E-state index contributed by atoms with van der Waals surface area (Å²) in [5, 5.41) is 8.48. The number of hydrogen-bond acceptors (Lipinski definition) is 4. The van der Waals surface area contributed by atoms with E-state index in [0.29, 0.717) is 13.0 Å². The van der Waals surface area contributed by atoms with Gasteiger partial charge < -0.3 is 0 Å². The SMILES string of the molecule is CC(=O)CC1CCCCN1S(=O)(=O)CC#N. The molecule has 0 bridgehead atoms. The van der Waals surface area contributed by atoms with E-state index in [2.05, 4.69) is 0 Å². The fourth-order valence-electron chi connectivity index (χ4n) is 2.04. The van der Waals surface area contributed by atoms with Crippen LogP contribution < -0.4 is 0 Å². The molecule has 16 heavy (non-hydrogen) atoms. The van der Waals surface area contributed by atoms with Gasteiger partial charge in [0.2, 0.25) is 10.0 Å². The van der Waals surface area contributed by atoms with Crippen molar-refractivity contribution in [2.24, 2.45) is 0 Å². The highest BCUT2D eigenvalue weighted by molar-refractivity contribution is 7.89. The van der Waals surface area contributed by atoms with Crippen molar-refractivity contribution in [3.63, 3.8) is 0 Å². The maximum atomic E-state index is 11.8. The van der Waals surface area contributed by atoms with E-state index >= 15 is 0 Å². The van der Waals surface area contributed by atoms with E-state index in [1.54, 1.807) is 6.07 Å². The smallest absolute Gasteiger partial charge is 0.227 e. The number of hydrogen-bond donors (Lipinski definition) is 0. The van der Waals surface area contributed by atoms with Gasteiger partial charge in [-0.3, -0.25) is 4.79 Å². The van der Waals surface area contributed by atoms with Crippen molar-refractivity contribution in [3.05, 3.63) is 0 Å². The van der Waals surface area contributed by atoms with Gasteiger partial charge in [0.1, 0.15) is 5.78 Å². The number of carbonyl (C=O) groups excluding carboxylic acids is 1. The molecule has 0 aromatic rings. The van der Waals surface area contributed by atoms with Crippen molar-refractivity contribution in [1.82, 2.24) is 4.31 Å². The lowest BCUT2D eigenvalue weighted by atomic mass is 10.0. The van der Waals surface area contributed by atoms with Crippen LogP contribution in [0.1, 0.15) is 32.6 Å². The van der Waals surface area contributed by atoms with Gasteiger partial charge in [0.15, 0.2) is 5.75 Å². The van der Waals surface area contributed by atoms with Gasteiger partial charge in [-0.05, 0) is 19.8 Å². The van der Waals surface area contributed by atoms with Gasteiger partial charge >= 0.3 is 0 Å². The van der Waals surface area contributed by atoms with Gasteiger partial charge in [0.05, 0.1) is 6.07 Å². The van der Waals surface area contributed by atoms with E-state index in [4.69, 9.17) is 5.26 Å². The predicted molar refractivity (Wildman–Crippen MR) is 59.0 cm³/mol. The first-order chi connectivity index (χ1) is 7.47. The summed E-state index contributed by atoms with van der Waals surface area (Å²) in [6.45, 7) is 1.89. The fraction of sp³-hybridized carbons (Fsp3) is 0.800. The molecule has 1 rings (SSSR count). The minimum Gasteiger partial charge on any atom is -0.300 e.